The third-order valence-corrected chi connectivity index (χ3v) is 6.20. The Labute approximate surface area is 124 Å². The smallest absolute Gasteiger partial charge is 0.207 e. The highest BCUT2D eigenvalue weighted by Crippen LogP contribution is 2.28. The molecule has 1 aromatic rings. The molecule has 0 radical (unpaired) electrons. The lowest BCUT2D eigenvalue weighted by Gasteiger charge is -2.30. The van der Waals surface area contributed by atoms with Crippen molar-refractivity contribution in [1.29, 1.82) is 0 Å². The minimum Gasteiger partial charge on any atom is -0.207 e. The van der Waals surface area contributed by atoms with Gasteiger partial charge in [0.1, 0.15) is 5.82 Å². The van der Waals surface area contributed by atoms with E-state index >= 15 is 0 Å². The van der Waals surface area contributed by atoms with E-state index < -0.39 is 15.8 Å². The molecule has 112 valence electrons. The van der Waals surface area contributed by atoms with E-state index in [-0.39, 0.29) is 16.3 Å². The average molecular weight is 320 g/mol. The van der Waals surface area contributed by atoms with Gasteiger partial charge in [-0.15, -0.1) is 11.6 Å². The summed E-state index contributed by atoms with van der Waals surface area (Å²) >= 11 is 5.70. The van der Waals surface area contributed by atoms with E-state index in [0.717, 1.165) is 12.8 Å². The molecule has 1 aliphatic heterocycles. The Morgan fingerprint density at radius 2 is 1.95 bits per heavy atom. The molecule has 0 unspecified atom stereocenters. The summed E-state index contributed by atoms with van der Waals surface area (Å²) in [5, 5.41) is 0. The Morgan fingerprint density at radius 3 is 2.50 bits per heavy atom. The summed E-state index contributed by atoms with van der Waals surface area (Å²) in [5.74, 6) is 0.108. The highest BCUT2D eigenvalue weighted by atomic mass is 35.5. The van der Waals surface area contributed by atoms with Crippen molar-refractivity contribution < 1.29 is 12.8 Å². The van der Waals surface area contributed by atoms with Gasteiger partial charge >= 0.3 is 0 Å². The molecule has 20 heavy (non-hydrogen) atoms. The molecule has 0 amide bonds. The fraction of sp³-hybridized carbons (Fsp3) is 0.571. The van der Waals surface area contributed by atoms with Gasteiger partial charge in [-0.05, 0) is 43.4 Å². The second kappa shape index (κ2) is 6.00. The van der Waals surface area contributed by atoms with Crippen molar-refractivity contribution in [2.45, 2.75) is 37.5 Å². The van der Waals surface area contributed by atoms with Crippen LogP contribution in [0.15, 0.2) is 17.0 Å². The number of rotatable bonds is 3. The normalized spacial score (nSPS) is 18.4. The monoisotopic (exact) mass is 319 g/mol. The van der Waals surface area contributed by atoms with Gasteiger partial charge in [0.05, 0.1) is 4.90 Å². The molecule has 0 bridgehead atoms. The van der Waals surface area contributed by atoms with Crippen LogP contribution in [0.4, 0.5) is 4.39 Å². The topological polar surface area (TPSA) is 37.4 Å². The van der Waals surface area contributed by atoms with Gasteiger partial charge in [-0.3, -0.25) is 0 Å². The molecule has 2 rings (SSSR count). The first-order valence-corrected chi connectivity index (χ1v) is 8.69. The molecule has 1 aliphatic rings. The van der Waals surface area contributed by atoms with Crippen LogP contribution in [0.3, 0.4) is 0 Å². The van der Waals surface area contributed by atoms with E-state index in [4.69, 9.17) is 11.6 Å². The zero-order valence-corrected chi connectivity index (χ0v) is 13.3. The predicted molar refractivity (Wildman–Crippen MR) is 77.9 cm³/mol. The molecule has 3 nitrogen and oxygen atoms in total. The summed E-state index contributed by atoms with van der Waals surface area (Å²) in [4.78, 5) is 0.0442. The Morgan fingerprint density at radius 1 is 1.35 bits per heavy atom. The molecule has 1 fully saturated rings. The van der Waals surface area contributed by atoms with Crippen molar-refractivity contribution in [3.8, 4) is 0 Å². The molecular formula is C14H19ClFNO2S. The summed E-state index contributed by atoms with van der Waals surface area (Å²) in [6.45, 7) is 4.60. The highest BCUT2D eigenvalue weighted by Gasteiger charge is 2.30. The Bertz CT molecular complexity index is 595. The zero-order valence-electron chi connectivity index (χ0n) is 11.7. The summed E-state index contributed by atoms with van der Waals surface area (Å²) in [6.07, 6.45) is 1.69. The van der Waals surface area contributed by atoms with Gasteiger partial charge in [-0.2, -0.15) is 4.31 Å². The maximum atomic E-state index is 13.8. The summed E-state index contributed by atoms with van der Waals surface area (Å²) < 4.78 is 40.6. The second-order valence-electron chi connectivity index (χ2n) is 5.42. The molecule has 1 saturated heterocycles. The van der Waals surface area contributed by atoms with Crippen LogP contribution in [-0.4, -0.2) is 25.8 Å². The van der Waals surface area contributed by atoms with E-state index in [9.17, 15) is 12.8 Å². The fourth-order valence-corrected chi connectivity index (χ4v) is 4.33. The number of sulfonamides is 1. The maximum Gasteiger partial charge on any atom is 0.243 e. The number of hydrogen-bond donors (Lipinski definition) is 0. The number of nitrogens with zero attached hydrogens (tertiary/aromatic N) is 1. The molecule has 0 aliphatic carbocycles. The van der Waals surface area contributed by atoms with E-state index in [1.54, 1.807) is 0 Å². The van der Waals surface area contributed by atoms with Crippen LogP contribution < -0.4 is 0 Å². The Hall–Kier alpha value is -0.650. The van der Waals surface area contributed by atoms with Gasteiger partial charge in [-0.1, -0.05) is 6.92 Å². The summed E-state index contributed by atoms with van der Waals surface area (Å²) in [7, 11) is -3.64. The molecule has 1 aromatic carbocycles. The van der Waals surface area contributed by atoms with Crippen LogP contribution in [0.2, 0.25) is 0 Å². The van der Waals surface area contributed by atoms with Crippen LogP contribution >= 0.6 is 11.6 Å². The van der Waals surface area contributed by atoms with Crippen molar-refractivity contribution in [3.05, 3.63) is 29.1 Å². The fourth-order valence-electron chi connectivity index (χ4n) is 2.42. The lowest BCUT2D eigenvalue weighted by Crippen LogP contribution is -2.38. The minimum absolute atomic E-state index is 0.0442. The molecule has 0 spiro atoms. The van der Waals surface area contributed by atoms with Crippen LogP contribution in [0.5, 0.6) is 0 Å². The van der Waals surface area contributed by atoms with Crippen molar-refractivity contribution in [3.63, 3.8) is 0 Å². The molecule has 0 N–H and O–H groups in total. The van der Waals surface area contributed by atoms with Gasteiger partial charge in [0.15, 0.2) is 0 Å². The number of alkyl halides is 1. The Kier molecular flexibility index (Phi) is 4.72. The number of benzene rings is 1. The standard InChI is InChI=1S/C14H19ClFNO2S/c1-10-3-5-17(6-4-10)20(18,19)14-8-12(9-15)7-13(16)11(14)2/h7-8,10H,3-6,9H2,1-2H3. The molecule has 0 atom stereocenters. The van der Waals surface area contributed by atoms with Gasteiger partial charge in [0, 0.05) is 24.5 Å². The van der Waals surface area contributed by atoms with Crippen molar-refractivity contribution in [1.82, 2.24) is 4.31 Å². The quantitative estimate of drug-likeness (QED) is 0.802. The highest BCUT2D eigenvalue weighted by molar-refractivity contribution is 7.89. The van der Waals surface area contributed by atoms with Crippen molar-refractivity contribution in [2.75, 3.05) is 13.1 Å². The van der Waals surface area contributed by atoms with Gasteiger partial charge < -0.3 is 0 Å². The lowest BCUT2D eigenvalue weighted by molar-refractivity contribution is 0.288. The number of piperidine rings is 1. The van der Waals surface area contributed by atoms with Crippen molar-refractivity contribution >= 4 is 21.6 Å². The molecule has 0 aromatic heterocycles. The predicted octanol–water partition coefficient (Wildman–Crippen LogP) is 3.29. The van der Waals surface area contributed by atoms with Crippen LogP contribution in [0, 0.1) is 18.7 Å². The van der Waals surface area contributed by atoms with E-state index in [1.807, 2.05) is 0 Å². The molecule has 6 heteroatoms. The first kappa shape index (κ1) is 15.7. The van der Waals surface area contributed by atoms with Gasteiger partial charge in [0.25, 0.3) is 0 Å². The van der Waals surface area contributed by atoms with Crippen LogP contribution in [0.25, 0.3) is 0 Å². The molecular weight excluding hydrogens is 301 g/mol. The van der Waals surface area contributed by atoms with Crippen LogP contribution in [0.1, 0.15) is 30.9 Å². The average Bonchev–Trinajstić information content (AvgIpc) is 2.42. The summed E-state index contributed by atoms with van der Waals surface area (Å²) in [6, 6.07) is 2.78. The first-order valence-electron chi connectivity index (χ1n) is 6.71. The summed E-state index contributed by atoms with van der Waals surface area (Å²) in [5.41, 5.74) is 0.649. The molecule has 1 heterocycles. The first-order chi connectivity index (χ1) is 9.36. The number of hydrogen-bond acceptors (Lipinski definition) is 2. The van der Waals surface area contributed by atoms with Gasteiger partial charge in [-0.25, -0.2) is 12.8 Å². The second-order valence-corrected chi connectivity index (χ2v) is 7.59. The molecule has 0 saturated carbocycles. The third kappa shape index (κ3) is 3.00. The van der Waals surface area contributed by atoms with Crippen molar-refractivity contribution in [2.24, 2.45) is 5.92 Å². The Balaban J connectivity index is 2.41. The zero-order chi connectivity index (χ0) is 14.9. The lowest BCUT2D eigenvalue weighted by atomic mass is 10.0. The SMILES string of the molecule is Cc1c(F)cc(CCl)cc1S(=O)(=O)N1CCC(C)CC1. The van der Waals surface area contributed by atoms with E-state index in [2.05, 4.69) is 6.92 Å². The van der Waals surface area contributed by atoms with E-state index in [0.29, 0.717) is 24.6 Å². The maximum absolute atomic E-state index is 13.8. The number of halogens is 2. The minimum atomic E-state index is -3.64. The van der Waals surface area contributed by atoms with E-state index in [1.165, 1.54) is 23.4 Å². The van der Waals surface area contributed by atoms with Crippen LogP contribution in [-0.2, 0) is 15.9 Å². The third-order valence-electron chi connectivity index (χ3n) is 3.87. The largest absolute Gasteiger partial charge is 0.243 e. The van der Waals surface area contributed by atoms with Gasteiger partial charge in [0.2, 0.25) is 10.0 Å².